The van der Waals surface area contributed by atoms with E-state index in [4.69, 9.17) is 5.11 Å². The molecule has 1 aliphatic rings. The number of amides is 2. The lowest BCUT2D eigenvalue weighted by molar-refractivity contribution is -0.121. The van der Waals surface area contributed by atoms with Crippen molar-refractivity contribution in [3.63, 3.8) is 0 Å². The number of rotatable bonds is 5. The van der Waals surface area contributed by atoms with Gasteiger partial charge in [-0.25, -0.2) is 0 Å². The van der Waals surface area contributed by atoms with Gasteiger partial charge in [0, 0.05) is 25.2 Å². The zero-order chi connectivity index (χ0) is 14.5. The Kier molecular flexibility index (Phi) is 4.74. The molecule has 20 heavy (non-hydrogen) atoms. The van der Waals surface area contributed by atoms with E-state index in [0.29, 0.717) is 6.42 Å². The van der Waals surface area contributed by atoms with Crippen LogP contribution in [0.15, 0.2) is 24.3 Å². The Morgan fingerprint density at radius 1 is 1.40 bits per heavy atom. The molecule has 5 heteroatoms. The second-order valence-corrected chi connectivity index (χ2v) is 5.15. The molecule has 0 bridgehead atoms. The minimum absolute atomic E-state index is 0.115. The van der Waals surface area contributed by atoms with Crippen LogP contribution in [0.4, 0.5) is 5.69 Å². The number of carbonyl (C=O) groups is 2. The van der Waals surface area contributed by atoms with Crippen molar-refractivity contribution in [3.05, 3.63) is 29.8 Å². The first-order chi connectivity index (χ1) is 9.56. The van der Waals surface area contributed by atoms with Crippen molar-refractivity contribution in [2.45, 2.75) is 32.3 Å². The summed E-state index contributed by atoms with van der Waals surface area (Å²) in [6, 6.07) is 7.48. The summed E-state index contributed by atoms with van der Waals surface area (Å²) in [4.78, 5) is 25.0. The molecule has 2 N–H and O–H groups in total. The number of hydrogen-bond donors (Lipinski definition) is 2. The molecular weight excluding hydrogens is 256 g/mol. The van der Waals surface area contributed by atoms with Crippen molar-refractivity contribution >= 4 is 17.5 Å². The van der Waals surface area contributed by atoms with Crippen LogP contribution in [-0.4, -0.2) is 36.1 Å². The van der Waals surface area contributed by atoms with Crippen LogP contribution in [0.1, 0.15) is 25.3 Å². The molecule has 2 rings (SSSR count). The highest BCUT2D eigenvalue weighted by Crippen LogP contribution is 2.21. The highest BCUT2D eigenvalue weighted by atomic mass is 16.3. The van der Waals surface area contributed by atoms with Gasteiger partial charge in [-0.05, 0) is 31.0 Å². The van der Waals surface area contributed by atoms with E-state index in [2.05, 4.69) is 5.32 Å². The van der Waals surface area contributed by atoms with E-state index >= 15 is 0 Å². The highest BCUT2D eigenvalue weighted by Gasteiger charge is 2.21. The number of aliphatic hydroxyl groups is 1. The fourth-order valence-corrected chi connectivity index (χ4v) is 2.22. The normalized spacial score (nSPS) is 16.3. The first-order valence-corrected chi connectivity index (χ1v) is 6.90. The lowest BCUT2D eigenvalue weighted by atomic mass is 10.1. The van der Waals surface area contributed by atoms with Crippen molar-refractivity contribution in [2.75, 3.05) is 18.0 Å². The summed E-state index contributed by atoms with van der Waals surface area (Å²) in [5.41, 5.74) is 1.78. The van der Waals surface area contributed by atoms with Crippen LogP contribution in [0.3, 0.4) is 0 Å². The van der Waals surface area contributed by atoms with Gasteiger partial charge in [-0.3, -0.25) is 9.59 Å². The van der Waals surface area contributed by atoms with E-state index in [1.165, 1.54) is 0 Å². The van der Waals surface area contributed by atoms with Gasteiger partial charge in [0.2, 0.25) is 11.8 Å². The molecule has 1 fully saturated rings. The molecule has 5 nitrogen and oxygen atoms in total. The Labute approximate surface area is 118 Å². The van der Waals surface area contributed by atoms with E-state index < -0.39 is 6.10 Å². The number of anilines is 1. The van der Waals surface area contributed by atoms with Crippen molar-refractivity contribution in [1.29, 1.82) is 0 Å². The average Bonchev–Trinajstić information content (AvgIpc) is 2.84. The van der Waals surface area contributed by atoms with E-state index in [0.717, 1.165) is 24.2 Å². The lowest BCUT2D eigenvalue weighted by Gasteiger charge is -2.16. The zero-order valence-electron chi connectivity index (χ0n) is 11.6. The maximum atomic E-state index is 11.6. The molecule has 1 aromatic rings. The Morgan fingerprint density at radius 3 is 2.65 bits per heavy atom. The lowest BCUT2D eigenvalue weighted by Crippen LogP contribution is -2.31. The van der Waals surface area contributed by atoms with Crippen LogP contribution in [-0.2, 0) is 16.0 Å². The third kappa shape index (κ3) is 3.81. The van der Waals surface area contributed by atoms with Crippen molar-refractivity contribution in [1.82, 2.24) is 5.32 Å². The maximum Gasteiger partial charge on any atom is 0.227 e. The number of carbonyl (C=O) groups excluding carboxylic acids is 2. The van der Waals surface area contributed by atoms with Crippen molar-refractivity contribution < 1.29 is 14.7 Å². The molecule has 0 spiro atoms. The number of hydrogen-bond acceptors (Lipinski definition) is 3. The van der Waals surface area contributed by atoms with Gasteiger partial charge in [0.1, 0.15) is 0 Å². The first kappa shape index (κ1) is 14.5. The molecule has 0 aromatic heterocycles. The summed E-state index contributed by atoms with van der Waals surface area (Å²) < 4.78 is 0. The third-order valence-corrected chi connectivity index (χ3v) is 3.28. The quantitative estimate of drug-likeness (QED) is 0.838. The summed E-state index contributed by atoms with van der Waals surface area (Å²) in [5.74, 6) is 0.0447. The topological polar surface area (TPSA) is 69.6 Å². The Balaban J connectivity index is 1.91. The minimum atomic E-state index is -0.539. The largest absolute Gasteiger partial charge is 0.392 e. The number of benzene rings is 1. The molecule has 1 saturated heterocycles. The second-order valence-electron chi connectivity index (χ2n) is 5.15. The van der Waals surface area contributed by atoms with Crippen LogP contribution in [0, 0.1) is 0 Å². The van der Waals surface area contributed by atoms with Crippen LogP contribution in [0.2, 0.25) is 0 Å². The van der Waals surface area contributed by atoms with Gasteiger partial charge in [-0.1, -0.05) is 12.1 Å². The smallest absolute Gasteiger partial charge is 0.227 e. The molecule has 0 aliphatic carbocycles. The number of nitrogens with zero attached hydrogens (tertiary/aromatic N) is 1. The Bertz CT molecular complexity index is 482. The predicted octanol–water partition coefficient (Wildman–Crippen LogP) is 0.853. The second kappa shape index (κ2) is 6.52. The standard InChI is InChI=1S/C15H20N2O3/c1-11(18)10-16-14(19)9-12-4-6-13(7-5-12)17-8-2-3-15(17)20/h4-7,11,18H,2-3,8-10H2,1H3,(H,16,19). The van der Waals surface area contributed by atoms with Crippen LogP contribution < -0.4 is 10.2 Å². The van der Waals surface area contributed by atoms with Gasteiger partial charge in [0.15, 0.2) is 0 Å². The average molecular weight is 276 g/mol. The van der Waals surface area contributed by atoms with Crippen molar-refractivity contribution in [2.24, 2.45) is 0 Å². The SMILES string of the molecule is CC(O)CNC(=O)Cc1ccc(N2CCCC2=O)cc1. The zero-order valence-corrected chi connectivity index (χ0v) is 11.6. The molecule has 108 valence electrons. The molecule has 1 unspecified atom stereocenters. The molecule has 1 heterocycles. The number of aliphatic hydroxyl groups excluding tert-OH is 1. The summed E-state index contributed by atoms with van der Waals surface area (Å²) in [7, 11) is 0. The van der Waals surface area contributed by atoms with Gasteiger partial charge in [-0.2, -0.15) is 0 Å². The maximum absolute atomic E-state index is 11.6. The van der Waals surface area contributed by atoms with Crippen molar-refractivity contribution in [3.8, 4) is 0 Å². The summed E-state index contributed by atoms with van der Waals surface area (Å²) in [6.07, 6.45) is 1.26. The van der Waals surface area contributed by atoms with Gasteiger partial charge in [-0.15, -0.1) is 0 Å². The Hall–Kier alpha value is -1.88. The molecule has 0 saturated carbocycles. The monoisotopic (exact) mass is 276 g/mol. The summed E-state index contributed by atoms with van der Waals surface area (Å²) >= 11 is 0. The first-order valence-electron chi connectivity index (χ1n) is 6.90. The molecule has 1 aliphatic heterocycles. The number of nitrogens with one attached hydrogen (secondary N) is 1. The molecular formula is C15H20N2O3. The van der Waals surface area contributed by atoms with Crippen LogP contribution >= 0.6 is 0 Å². The summed E-state index contributed by atoms with van der Waals surface area (Å²) in [5, 5.41) is 11.8. The van der Waals surface area contributed by atoms with Gasteiger partial charge < -0.3 is 15.3 Å². The van der Waals surface area contributed by atoms with Gasteiger partial charge in [0.05, 0.1) is 12.5 Å². The van der Waals surface area contributed by atoms with Crippen LogP contribution in [0.5, 0.6) is 0 Å². The fourth-order valence-electron chi connectivity index (χ4n) is 2.22. The molecule has 0 radical (unpaired) electrons. The van der Waals surface area contributed by atoms with E-state index in [1.54, 1.807) is 11.8 Å². The Morgan fingerprint density at radius 2 is 2.10 bits per heavy atom. The highest BCUT2D eigenvalue weighted by molar-refractivity contribution is 5.95. The predicted molar refractivity (Wildman–Crippen MR) is 76.4 cm³/mol. The molecule has 1 atom stereocenters. The van der Waals surface area contributed by atoms with E-state index in [1.807, 2.05) is 24.3 Å². The third-order valence-electron chi connectivity index (χ3n) is 3.28. The van der Waals surface area contributed by atoms with Gasteiger partial charge in [0.25, 0.3) is 0 Å². The van der Waals surface area contributed by atoms with Crippen LogP contribution in [0.25, 0.3) is 0 Å². The minimum Gasteiger partial charge on any atom is -0.392 e. The van der Waals surface area contributed by atoms with E-state index in [9.17, 15) is 9.59 Å². The fraction of sp³-hybridized carbons (Fsp3) is 0.467. The molecule has 2 amide bonds. The van der Waals surface area contributed by atoms with Gasteiger partial charge >= 0.3 is 0 Å². The summed E-state index contributed by atoms with van der Waals surface area (Å²) in [6.45, 7) is 2.66. The van der Waals surface area contributed by atoms with E-state index in [-0.39, 0.29) is 24.8 Å². The molecule has 1 aromatic carbocycles.